The van der Waals surface area contributed by atoms with Crippen molar-refractivity contribution in [1.29, 1.82) is 0 Å². The van der Waals surface area contributed by atoms with Crippen molar-refractivity contribution in [2.75, 3.05) is 33.3 Å². The fourth-order valence-electron chi connectivity index (χ4n) is 3.48. The SMILES string of the molecule is COC(=O)c1ccccc1S(=O)(=O)NC(=O)Nc1nc(C)nc(OC)n1.COc1c(Cl)ccc(Cl)c1C(=O)O.O=C(O)COc1nc(Cl)c(Cl)cc1Cl. The van der Waals surface area contributed by atoms with E-state index in [1.807, 2.05) is 0 Å². The van der Waals surface area contributed by atoms with E-state index in [4.69, 9.17) is 82.4 Å². The molecular weight excluding hydrogens is 834 g/mol. The van der Waals surface area contributed by atoms with E-state index in [0.29, 0.717) is 0 Å². The van der Waals surface area contributed by atoms with Gasteiger partial charge in [-0.05, 0) is 37.3 Å². The normalized spacial score (nSPS) is 10.3. The summed E-state index contributed by atoms with van der Waals surface area (Å²) < 4.78 is 45.5. The number of nitrogens with zero attached hydrogens (tertiary/aromatic N) is 4. The van der Waals surface area contributed by atoms with Gasteiger partial charge < -0.3 is 29.2 Å². The molecule has 0 spiro atoms. The van der Waals surface area contributed by atoms with Crippen LogP contribution in [0.15, 0.2) is 47.4 Å². The maximum absolute atomic E-state index is 12.4. The number of amides is 2. The lowest BCUT2D eigenvalue weighted by Gasteiger charge is -2.11. The molecule has 0 saturated carbocycles. The van der Waals surface area contributed by atoms with E-state index in [0.717, 1.165) is 13.2 Å². The third-order valence-corrected chi connectivity index (χ3v) is 8.55. The molecule has 0 radical (unpaired) electrons. The lowest BCUT2D eigenvalue weighted by Crippen LogP contribution is -2.35. The Morgan fingerprint density at radius 2 is 1.45 bits per heavy atom. The second kappa shape index (κ2) is 20.4. The van der Waals surface area contributed by atoms with E-state index in [1.54, 1.807) is 4.72 Å². The van der Waals surface area contributed by atoms with Crippen LogP contribution in [0.25, 0.3) is 0 Å². The molecule has 24 heteroatoms. The van der Waals surface area contributed by atoms with E-state index >= 15 is 0 Å². The third-order valence-electron chi connectivity index (χ3n) is 5.61. The van der Waals surface area contributed by atoms with E-state index in [1.165, 1.54) is 57.5 Å². The standard InChI is InChI=1S/C14H15N5O6S.C8H6Cl2O3.C7H4Cl3NO3/c1-8-15-12(18-14(16-8)25-3)17-13(21)19-26(22,23)10-7-5-4-6-9(10)11(20)24-2;1-13-7-5(10)3-2-4(9)6(7)8(11)12;8-3-1-4(9)7(11-6(3)10)14-2-5(12)13/h4-7H,1-3H3,(H2,15,16,17,18,19,21);2-3H,1H3,(H,11,12);1H,2H2,(H,12,13). The average Bonchev–Trinajstić information content (AvgIpc) is 3.09. The summed E-state index contributed by atoms with van der Waals surface area (Å²) in [5, 5.41) is 19.9. The topological polar surface area (TPSA) is 255 Å². The number of sulfonamides is 1. The van der Waals surface area contributed by atoms with E-state index < -0.39 is 45.5 Å². The zero-order valence-electron chi connectivity index (χ0n) is 27.3. The molecule has 0 aliphatic heterocycles. The minimum atomic E-state index is -4.36. The zero-order valence-corrected chi connectivity index (χ0v) is 31.9. The zero-order chi connectivity index (χ0) is 40.0. The fourth-order valence-corrected chi connectivity index (χ4v) is 5.59. The van der Waals surface area contributed by atoms with Crippen LogP contribution in [0.4, 0.5) is 10.7 Å². The monoisotopic (exact) mass is 856 g/mol. The predicted molar refractivity (Wildman–Crippen MR) is 191 cm³/mol. The van der Waals surface area contributed by atoms with Crippen molar-refractivity contribution in [1.82, 2.24) is 24.7 Å². The lowest BCUT2D eigenvalue weighted by atomic mass is 10.2. The minimum absolute atomic E-state index is 0.0106. The number of pyridine rings is 1. The summed E-state index contributed by atoms with van der Waals surface area (Å²) in [6.45, 7) is 1.00. The maximum Gasteiger partial charge on any atom is 0.341 e. The van der Waals surface area contributed by atoms with Gasteiger partial charge in [-0.2, -0.15) is 19.9 Å². The van der Waals surface area contributed by atoms with Crippen molar-refractivity contribution in [2.45, 2.75) is 11.8 Å². The number of aryl methyl sites for hydroxylation is 1. The Kier molecular flexibility index (Phi) is 17.0. The van der Waals surface area contributed by atoms with Gasteiger partial charge in [0.15, 0.2) is 17.5 Å². The quantitative estimate of drug-likeness (QED) is 0.110. The number of urea groups is 1. The van der Waals surface area contributed by atoms with E-state index in [9.17, 15) is 27.6 Å². The van der Waals surface area contributed by atoms with Crippen LogP contribution in [0.5, 0.6) is 17.6 Å². The smallest absolute Gasteiger partial charge is 0.341 e. The first-order valence-corrected chi connectivity index (χ1v) is 17.1. The molecule has 4 rings (SSSR count). The number of hydrogen-bond donors (Lipinski definition) is 4. The van der Waals surface area contributed by atoms with E-state index in [2.05, 4.69) is 30.0 Å². The highest BCUT2D eigenvalue weighted by atomic mass is 35.5. The van der Waals surface area contributed by atoms with Crippen molar-refractivity contribution in [3.8, 4) is 17.6 Å². The number of rotatable bonds is 10. The number of benzene rings is 2. The Hall–Kier alpha value is -4.92. The number of carbonyl (C=O) groups excluding carboxylic acids is 2. The van der Waals surface area contributed by atoms with Gasteiger partial charge in [0.05, 0.1) is 42.0 Å². The number of methoxy groups -OCH3 is 3. The summed E-state index contributed by atoms with van der Waals surface area (Å²) in [6.07, 6.45) is 0. The number of carbonyl (C=O) groups is 4. The van der Waals surface area contributed by atoms with Gasteiger partial charge in [-0.15, -0.1) is 0 Å². The number of carboxylic acid groups (broad SMARTS) is 2. The number of aliphatic carboxylic acids is 1. The summed E-state index contributed by atoms with van der Waals surface area (Å²) in [5.74, 6) is -3.07. The molecule has 4 aromatic rings. The highest BCUT2D eigenvalue weighted by molar-refractivity contribution is 7.90. The Labute approximate surface area is 325 Å². The highest BCUT2D eigenvalue weighted by Crippen LogP contribution is 2.33. The number of ether oxygens (including phenoxy) is 4. The van der Waals surface area contributed by atoms with Crippen molar-refractivity contribution in [3.63, 3.8) is 0 Å². The lowest BCUT2D eigenvalue weighted by molar-refractivity contribution is -0.139. The molecule has 0 atom stereocenters. The Morgan fingerprint density at radius 1 is 0.811 bits per heavy atom. The molecule has 0 unspecified atom stereocenters. The van der Waals surface area contributed by atoms with Crippen LogP contribution in [0.2, 0.25) is 25.2 Å². The molecule has 18 nitrogen and oxygen atoms in total. The number of carboxylic acids is 2. The number of esters is 1. The molecule has 53 heavy (non-hydrogen) atoms. The minimum Gasteiger partial charge on any atom is -0.494 e. The molecule has 0 aliphatic carbocycles. The number of aromatic nitrogens is 4. The molecule has 2 amide bonds. The molecule has 0 bridgehead atoms. The van der Waals surface area contributed by atoms with Crippen LogP contribution >= 0.6 is 58.0 Å². The van der Waals surface area contributed by atoms with Gasteiger partial charge in [-0.25, -0.2) is 32.3 Å². The Balaban J connectivity index is 0.000000303. The number of hydrogen-bond acceptors (Lipinski definition) is 14. The average molecular weight is 859 g/mol. The largest absolute Gasteiger partial charge is 0.494 e. The molecule has 2 aromatic carbocycles. The molecule has 0 fully saturated rings. The van der Waals surface area contributed by atoms with Gasteiger partial charge in [-0.1, -0.05) is 70.1 Å². The van der Waals surface area contributed by atoms with Crippen molar-refractivity contribution < 1.29 is 56.8 Å². The highest BCUT2D eigenvalue weighted by Gasteiger charge is 2.25. The van der Waals surface area contributed by atoms with Crippen LogP contribution in [0.1, 0.15) is 26.5 Å². The summed E-state index contributed by atoms with van der Waals surface area (Å²) >= 11 is 28.2. The van der Waals surface area contributed by atoms with Gasteiger partial charge in [0, 0.05) is 0 Å². The number of aromatic carboxylic acids is 1. The molecular formula is C29H25Cl5N6O12S. The summed E-state index contributed by atoms with van der Waals surface area (Å²) in [4.78, 5) is 59.3. The van der Waals surface area contributed by atoms with Crippen LogP contribution < -0.4 is 24.2 Å². The molecule has 0 saturated heterocycles. The van der Waals surface area contributed by atoms with Gasteiger partial charge in [-0.3, -0.25) is 5.32 Å². The van der Waals surface area contributed by atoms with Gasteiger partial charge in [0.2, 0.25) is 11.8 Å². The van der Waals surface area contributed by atoms with Crippen molar-refractivity contribution in [2.24, 2.45) is 0 Å². The number of nitrogens with one attached hydrogen (secondary N) is 2. The van der Waals surface area contributed by atoms with E-state index in [-0.39, 0.29) is 65.8 Å². The first-order valence-electron chi connectivity index (χ1n) is 13.7. The Bertz CT molecular complexity index is 2110. The number of halogens is 5. The maximum atomic E-state index is 12.4. The summed E-state index contributed by atoms with van der Waals surface area (Å²) in [7, 11) is -0.580. The molecule has 284 valence electrons. The second-order valence-corrected chi connectivity index (χ2v) is 12.9. The molecule has 2 aromatic heterocycles. The fraction of sp³-hybridized carbons (Fsp3) is 0.172. The van der Waals surface area contributed by atoms with Gasteiger partial charge >= 0.3 is 29.9 Å². The van der Waals surface area contributed by atoms with Gasteiger partial charge in [0.25, 0.3) is 10.0 Å². The Morgan fingerprint density at radius 3 is 2.02 bits per heavy atom. The first kappa shape index (κ1) is 44.2. The van der Waals surface area contributed by atoms with Crippen LogP contribution in [0.3, 0.4) is 0 Å². The molecule has 4 N–H and O–H groups in total. The first-order chi connectivity index (χ1) is 24.8. The predicted octanol–water partition coefficient (Wildman–Crippen LogP) is 5.69. The molecule has 2 heterocycles. The second-order valence-electron chi connectivity index (χ2n) is 9.21. The van der Waals surface area contributed by atoms with Crippen molar-refractivity contribution in [3.05, 3.63) is 84.7 Å². The van der Waals surface area contributed by atoms with Crippen LogP contribution in [-0.4, -0.2) is 90.4 Å². The van der Waals surface area contributed by atoms with Gasteiger partial charge in [0.1, 0.15) is 21.3 Å². The summed E-state index contributed by atoms with van der Waals surface area (Å²) in [5.41, 5.74) is -0.329. The van der Waals surface area contributed by atoms with Crippen molar-refractivity contribution >= 4 is 97.9 Å². The number of anilines is 1. The van der Waals surface area contributed by atoms with Crippen LogP contribution in [0, 0.1) is 6.92 Å². The van der Waals surface area contributed by atoms with Crippen LogP contribution in [-0.2, 0) is 19.6 Å². The molecule has 0 aliphatic rings. The third kappa shape index (κ3) is 13.2. The summed E-state index contributed by atoms with van der Waals surface area (Å²) in [6, 6.07) is 8.34.